The molecule has 0 fully saturated rings. The van der Waals surface area contributed by atoms with E-state index in [1.807, 2.05) is 45.6 Å². The average Bonchev–Trinajstić information content (AvgIpc) is 3.31. The Balaban J connectivity index is 1.36. The van der Waals surface area contributed by atoms with Crippen LogP contribution < -0.4 is 5.32 Å². The summed E-state index contributed by atoms with van der Waals surface area (Å²) in [5.74, 6) is 0.210. The van der Waals surface area contributed by atoms with E-state index in [0.717, 1.165) is 27.7 Å². The average molecular weight is 412 g/mol. The van der Waals surface area contributed by atoms with Gasteiger partial charge in [-0.25, -0.2) is 9.97 Å². The molecule has 0 atom stereocenters. The summed E-state index contributed by atoms with van der Waals surface area (Å²) in [6, 6.07) is 11.7. The number of carbonyl (C=O) groups excluding carboxylic acids is 1. The number of para-hydroxylation sites is 1. The number of carbonyl (C=O) groups is 1. The van der Waals surface area contributed by atoms with Gasteiger partial charge in [0.15, 0.2) is 5.16 Å². The van der Waals surface area contributed by atoms with Crippen molar-refractivity contribution in [3.05, 3.63) is 77.5 Å². The van der Waals surface area contributed by atoms with Crippen LogP contribution in [0.15, 0.2) is 66.3 Å². The Morgan fingerprint density at radius 3 is 2.93 bits per heavy atom. The summed E-state index contributed by atoms with van der Waals surface area (Å²) in [6.45, 7) is 2.42. The zero-order valence-corrected chi connectivity index (χ0v) is 16.7. The maximum atomic E-state index is 12.3. The molecule has 3 heterocycles. The summed E-state index contributed by atoms with van der Waals surface area (Å²) in [4.78, 5) is 21.1. The van der Waals surface area contributed by atoms with E-state index in [-0.39, 0.29) is 11.7 Å². The Morgan fingerprint density at radius 2 is 2.07 bits per heavy atom. The summed E-state index contributed by atoms with van der Waals surface area (Å²) < 4.78 is 3.84. The number of fused-ring (bicyclic) bond motifs is 1. The molecule has 0 aliphatic heterocycles. The number of hydrogen-bond acceptors (Lipinski definition) is 4. The van der Waals surface area contributed by atoms with E-state index >= 15 is 0 Å². The third-order valence-electron chi connectivity index (χ3n) is 4.25. The molecule has 1 N–H and O–H groups in total. The first-order valence-electron chi connectivity index (χ1n) is 8.72. The molecule has 0 aliphatic carbocycles. The second-order valence-corrected chi connectivity index (χ2v) is 7.66. The highest BCUT2D eigenvalue weighted by molar-refractivity contribution is 7.99. The van der Waals surface area contributed by atoms with E-state index in [2.05, 4.69) is 28.3 Å². The monoisotopic (exact) mass is 411 g/mol. The maximum absolute atomic E-state index is 12.3. The Hall–Kier alpha value is -2.77. The highest BCUT2D eigenvalue weighted by atomic mass is 35.5. The van der Waals surface area contributed by atoms with Crippen LogP contribution in [0, 0.1) is 6.92 Å². The molecule has 0 bridgehead atoms. The van der Waals surface area contributed by atoms with E-state index in [1.54, 1.807) is 18.5 Å². The lowest BCUT2D eigenvalue weighted by Crippen LogP contribution is -2.24. The lowest BCUT2D eigenvalue weighted by atomic mass is 10.2. The van der Waals surface area contributed by atoms with Gasteiger partial charge in [0, 0.05) is 24.8 Å². The van der Waals surface area contributed by atoms with Crippen molar-refractivity contribution >= 4 is 34.9 Å². The maximum Gasteiger partial charge on any atom is 0.230 e. The van der Waals surface area contributed by atoms with Crippen LogP contribution >= 0.6 is 23.4 Å². The van der Waals surface area contributed by atoms with Crippen molar-refractivity contribution in [2.45, 2.75) is 18.6 Å². The summed E-state index contributed by atoms with van der Waals surface area (Å²) in [5, 5.41) is 4.33. The quantitative estimate of drug-likeness (QED) is 0.489. The van der Waals surface area contributed by atoms with Gasteiger partial charge in [-0.15, -0.1) is 0 Å². The molecule has 6 nitrogen and oxygen atoms in total. The van der Waals surface area contributed by atoms with Gasteiger partial charge in [0.1, 0.15) is 5.65 Å². The Morgan fingerprint density at radius 1 is 1.21 bits per heavy atom. The second-order valence-electron chi connectivity index (χ2n) is 6.28. The van der Waals surface area contributed by atoms with Crippen molar-refractivity contribution in [3.8, 4) is 5.69 Å². The van der Waals surface area contributed by atoms with Crippen molar-refractivity contribution in [2.24, 2.45) is 0 Å². The third-order valence-corrected chi connectivity index (χ3v) is 5.44. The molecule has 0 spiro atoms. The Kier molecular flexibility index (Phi) is 5.36. The number of thioether (sulfide) groups is 1. The highest BCUT2D eigenvalue weighted by Gasteiger charge is 2.11. The van der Waals surface area contributed by atoms with E-state index < -0.39 is 0 Å². The lowest BCUT2D eigenvalue weighted by molar-refractivity contribution is -0.118. The van der Waals surface area contributed by atoms with Crippen LogP contribution in [0.25, 0.3) is 11.3 Å². The van der Waals surface area contributed by atoms with Gasteiger partial charge in [-0.2, -0.15) is 0 Å². The van der Waals surface area contributed by atoms with E-state index in [1.165, 1.54) is 11.8 Å². The molecule has 4 rings (SSSR count). The summed E-state index contributed by atoms with van der Waals surface area (Å²) in [5.41, 5.74) is 3.79. The number of pyridine rings is 1. The number of hydrogen-bond donors (Lipinski definition) is 1. The van der Waals surface area contributed by atoms with Gasteiger partial charge in [0.2, 0.25) is 5.91 Å². The topological polar surface area (TPSA) is 64.2 Å². The molecule has 1 amide bonds. The molecule has 8 heteroatoms. The van der Waals surface area contributed by atoms with Crippen molar-refractivity contribution in [1.82, 2.24) is 24.3 Å². The van der Waals surface area contributed by atoms with Gasteiger partial charge in [-0.3, -0.25) is 9.36 Å². The van der Waals surface area contributed by atoms with Crippen LogP contribution in [-0.4, -0.2) is 30.6 Å². The molecule has 0 unspecified atom stereocenters. The molecule has 1 aromatic carbocycles. The molecule has 4 aromatic rings. The number of nitrogens with zero attached hydrogens (tertiary/aromatic N) is 4. The summed E-state index contributed by atoms with van der Waals surface area (Å²) in [7, 11) is 0. The standard InChI is InChI=1S/C20H18ClN5OS/c1-14-4-2-3-5-17(14)26-9-8-22-20(26)28-13-19(27)23-10-16-12-25-11-15(21)6-7-18(25)24-16/h2-9,11-12H,10,13H2,1H3,(H,23,27). The zero-order valence-electron chi connectivity index (χ0n) is 15.2. The highest BCUT2D eigenvalue weighted by Crippen LogP contribution is 2.22. The Labute approximate surface area is 171 Å². The van der Waals surface area contributed by atoms with Gasteiger partial charge in [0.25, 0.3) is 0 Å². The molecule has 142 valence electrons. The van der Waals surface area contributed by atoms with Crippen LogP contribution in [0.3, 0.4) is 0 Å². The Bertz CT molecular complexity index is 1140. The number of benzene rings is 1. The van der Waals surface area contributed by atoms with Crippen LogP contribution in [0.2, 0.25) is 5.02 Å². The predicted molar refractivity (Wildman–Crippen MR) is 111 cm³/mol. The third kappa shape index (κ3) is 4.05. The number of aryl methyl sites for hydroxylation is 1. The normalized spacial score (nSPS) is 11.1. The molecular weight excluding hydrogens is 394 g/mol. The molecule has 0 aliphatic rings. The molecule has 3 aromatic heterocycles. The first-order chi connectivity index (χ1) is 13.6. The molecule has 0 saturated carbocycles. The number of rotatable bonds is 6. The number of halogens is 1. The van der Waals surface area contributed by atoms with Crippen LogP contribution in [0.5, 0.6) is 0 Å². The summed E-state index contributed by atoms with van der Waals surface area (Å²) >= 11 is 7.39. The fourth-order valence-electron chi connectivity index (χ4n) is 2.89. The molecule has 28 heavy (non-hydrogen) atoms. The fourth-order valence-corrected chi connectivity index (χ4v) is 3.85. The van der Waals surface area contributed by atoms with Crippen molar-refractivity contribution in [3.63, 3.8) is 0 Å². The minimum absolute atomic E-state index is 0.0700. The fraction of sp³-hybridized carbons (Fsp3) is 0.150. The zero-order chi connectivity index (χ0) is 19.5. The molecule has 0 saturated heterocycles. The smallest absolute Gasteiger partial charge is 0.230 e. The van der Waals surface area contributed by atoms with E-state index in [9.17, 15) is 4.79 Å². The largest absolute Gasteiger partial charge is 0.350 e. The lowest BCUT2D eigenvalue weighted by Gasteiger charge is -2.10. The SMILES string of the molecule is Cc1ccccc1-n1ccnc1SCC(=O)NCc1cn2cc(Cl)ccc2n1. The number of amides is 1. The van der Waals surface area contributed by atoms with Gasteiger partial charge in [-0.1, -0.05) is 41.6 Å². The first-order valence-corrected chi connectivity index (χ1v) is 10.1. The number of imidazole rings is 2. The molecular formula is C20H18ClN5OS. The van der Waals surface area contributed by atoms with Gasteiger partial charge < -0.3 is 9.72 Å². The predicted octanol–water partition coefficient (Wildman–Crippen LogP) is 3.89. The minimum atomic E-state index is -0.0700. The number of nitrogens with one attached hydrogen (secondary N) is 1. The van der Waals surface area contributed by atoms with Gasteiger partial charge >= 0.3 is 0 Å². The minimum Gasteiger partial charge on any atom is -0.350 e. The van der Waals surface area contributed by atoms with Gasteiger partial charge in [-0.05, 0) is 30.7 Å². The molecule has 0 radical (unpaired) electrons. The summed E-state index contributed by atoms with van der Waals surface area (Å²) in [6.07, 6.45) is 7.30. The van der Waals surface area contributed by atoms with E-state index in [0.29, 0.717) is 11.6 Å². The van der Waals surface area contributed by atoms with Crippen LogP contribution in [-0.2, 0) is 11.3 Å². The van der Waals surface area contributed by atoms with Crippen molar-refractivity contribution < 1.29 is 4.79 Å². The van der Waals surface area contributed by atoms with Crippen molar-refractivity contribution in [2.75, 3.05) is 5.75 Å². The first kappa shape index (κ1) is 18.6. The number of aromatic nitrogens is 4. The van der Waals surface area contributed by atoms with E-state index in [4.69, 9.17) is 11.6 Å². The van der Waals surface area contributed by atoms with Crippen molar-refractivity contribution in [1.29, 1.82) is 0 Å². The second kappa shape index (κ2) is 8.08. The van der Waals surface area contributed by atoms with Gasteiger partial charge in [0.05, 0.1) is 28.7 Å². The van der Waals surface area contributed by atoms with Crippen LogP contribution in [0.1, 0.15) is 11.3 Å². The van der Waals surface area contributed by atoms with Crippen LogP contribution in [0.4, 0.5) is 0 Å².